The second-order valence-corrected chi connectivity index (χ2v) is 13.1. The van der Waals surface area contributed by atoms with E-state index in [0.29, 0.717) is 5.56 Å². The summed E-state index contributed by atoms with van der Waals surface area (Å²) >= 11 is 0. The molecule has 1 heterocycles. The van der Waals surface area contributed by atoms with Crippen LogP contribution in [0.2, 0.25) is 0 Å². The molecule has 43 heavy (non-hydrogen) atoms. The molecule has 3 aromatic rings. The van der Waals surface area contributed by atoms with Crippen molar-refractivity contribution in [1.29, 1.82) is 0 Å². The molecule has 3 aromatic carbocycles. The van der Waals surface area contributed by atoms with E-state index >= 15 is 0 Å². The Labute approximate surface area is 254 Å². The lowest BCUT2D eigenvalue weighted by Gasteiger charge is -2.32. The van der Waals surface area contributed by atoms with Gasteiger partial charge in [-0.05, 0) is 93.9 Å². The third-order valence-corrected chi connectivity index (χ3v) is 8.23. The zero-order valence-electron chi connectivity index (χ0n) is 26.0. The highest BCUT2D eigenvalue weighted by Gasteiger charge is 2.52. The molecular formula is C35H40BNO6. The lowest BCUT2D eigenvalue weighted by atomic mass is 9.77. The average Bonchev–Trinajstić information content (AvgIpc) is 3.38. The highest BCUT2D eigenvalue weighted by atomic mass is 16.7. The monoisotopic (exact) mass is 581 g/mol. The van der Waals surface area contributed by atoms with Crippen LogP contribution in [0.25, 0.3) is 17.2 Å². The number of ether oxygens (including phenoxy) is 2. The fraction of sp³-hybridized carbons (Fsp3) is 0.371. The van der Waals surface area contributed by atoms with E-state index in [-0.39, 0.29) is 25.0 Å². The average molecular weight is 582 g/mol. The standard InChI is InChI=1S/C35H40BNO6/c1-33(2,3)41-31(38)24-18-16-23(17-19-24)20-25(36-42-34(4,5)35(6,7)43-36)21-37-32(39)40-22-30-28-14-10-8-12-26(28)27-13-9-11-15-29(27)30/h8-20,30H,21-22H2,1-7H3,(H,37,39). The number of alkyl carbamates (subject to hydrolysis) is 1. The second kappa shape index (κ2) is 11.7. The van der Waals surface area contributed by atoms with Gasteiger partial charge in [0.2, 0.25) is 0 Å². The Morgan fingerprint density at radius 1 is 0.860 bits per heavy atom. The number of benzene rings is 3. The van der Waals surface area contributed by atoms with Gasteiger partial charge in [0.1, 0.15) is 12.2 Å². The Morgan fingerprint density at radius 2 is 1.40 bits per heavy atom. The molecule has 1 aliphatic heterocycles. The smallest absolute Gasteiger partial charge is 0.456 e. The van der Waals surface area contributed by atoms with Crippen LogP contribution in [-0.4, -0.2) is 49.1 Å². The Hall–Kier alpha value is -3.88. The van der Waals surface area contributed by atoms with Gasteiger partial charge in [0.05, 0.1) is 16.8 Å². The third kappa shape index (κ3) is 6.71. The summed E-state index contributed by atoms with van der Waals surface area (Å²) in [5.74, 6) is -0.411. The van der Waals surface area contributed by atoms with Gasteiger partial charge in [0.25, 0.3) is 0 Å². The SMILES string of the molecule is CC(C)(C)OC(=O)c1ccc(C=C(CNC(=O)OCC2c3ccccc3-c3ccccc32)B2OC(C)(C)C(C)(C)O2)cc1. The van der Waals surface area contributed by atoms with Gasteiger partial charge in [-0.1, -0.05) is 66.7 Å². The van der Waals surface area contributed by atoms with Crippen LogP contribution in [0.3, 0.4) is 0 Å². The van der Waals surface area contributed by atoms with Gasteiger partial charge >= 0.3 is 19.2 Å². The predicted molar refractivity (Wildman–Crippen MR) is 169 cm³/mol. The molecule has 1 fully saturated rings. The van der Waals surface area contributed by atoms with Crippen LogP contribution in [-0.2, 0) is 18.8 Å². The van der Waals surface area contributed by atoms with Crippen molar-refractivity contribution < 1.29 is 28.4 Å². The quantitative estimate of drug-likeness (QED) is 0.235. The summed E-state index contributed by atoms with van der Waals surface area (Å²) in [5, 5.41) is 2.90. The topological polar surface area (TPSA) is 83.1 Å². The minimum absolute atomic E-state index is 0.0280. The van der Waals surface area contributed by atoms with Gasteiger partial charge in [0.15, 0.2) is 0 Å². The van der Waals surface area contributed by atoms with Gasteiger partial charge in [-0.2, -0.15) is 0 Å². The van der Waals surface area contributed by atoms with Crippen molar-refractivity contribution >= 4 is 25.3 Å². The third-order valence-electron chi connectivity index (χ3n) is 8.23. The molecule has 1 amide bonds. The molecule has 8 heteroatoms. The molecule has 7 nitrogen and oxygen atoms in total. The Balaban J connectivity index is 1.29. The number of carbonyl (C=O) groups excluding carboxylic acids is 2. The van der Waals surface area contributed by atoms with E-state index in [1.165, 1.54) is 11.1 Å². The van der Waals surface area contributed by atoms with E-state index in [1.807, 2.05) is 90.9 Å². The van der Waals surface area contributed by atoms with Gasteiger partial charge < -0.3 is 24.1 Å². The molecule has 1 N–H and O–H groups in total. The first-order chi connectivity index (χ1) is 20.2. The van der Waals surface area contributed by atoms with Crippen molar-refractivity contribution in [2.75, 3.05) is 13.2 Å². The molecule has 0 aromatic heterocycles. The predicted octanol–water partition coefficient (Wildman–Crippen LogP) is 7.20. The number of hydrogen-bond acceptors (Lipinski definition) is 6. The van der Waals surface area contributed by atoms with Crippen LogP contribution >= 0.6 is 0 Å². The van der Waals surface area contributed by atoms with Crippen molar-refractivity contribution in [1.82, 2.24) is 5.32 Å². The first-order valence-electron chi connectivity index (χ1n) is 14.7. The Morgan fingerprint density at radius 3 is 1.93 bits per heavy atom. The summed E-state index contributed by atoms with van der Waals surface area (Å²) in [7, 11) is -0.676. The highest BCUT2D eigenvalue weighted by molar-refractivity contribution is 6.56. The van der Waals surface area contributed by atoms with Crippen LogP contribution in [0.1, 0.15) is 81.4 Å². The summed E-state index contributed by atoms with van der Waals surface area (Å²) < 4.78 is 23.9. The molecule has 0 atom stereocenters. The summed E-state index contributed by atoms with van der Waals surface area (Å²) in [6.45, 7) is 13.8. The lowest BCUT2D eigenvalue weighted by molar-refractivity contribution is 0.00578. The molecule has 1 saturated heterocycles. The molecule has 0 bridgehead atoms. The fourth-order valence-corrected chi connectivity index (χ4v) is 5.29. The van der Waals surface area contributed by atoms with Gasteiger partial charge in [0, 0.05) is 12.5 Å². The summed E-state index contributed by atoms with van der Waals surface area (Å²) in [4.78, 5) is 25.5. The molecule has 0 spiro atoms. The minimum atomic E-state index is -0.676. The number of carbonyl (C=O) groups is 2. The Kier molecular flexibility index (Phi) is 8.29. The maximum absolute atomic E-state index is 13.0. The van der Waals surface area contributed by atoms with Crippen LogP contribution in [0.5, 0.6) is 0 Å². The number of rotatable bonds is 7. The number of hydrogen-bond donors (Lipinski definition) is 1. The molecule has 0 unspecified atom stereocenters. The van der Waals surface area contributed by atoms with E-state index in [9.17, 15) is 9.59 Å². The van der Waals surface area contributed by atoms with Crippen LogP contribution in [0.15, 0.2) is 78.3 Å². The minimum Gasteiger partial charge on any atom is -0.456 e. The zero-order valence-corrected chi connectivity index (χ0v) is 26.0. The largest absolute Gasteiger partial charge is 0.492 e. The Bertz CT molecular complexity index is 1470. The van der Waals surface area contributed by atoms with E-state index in [2.05, 4.69) is 29.6 Å². The molecular weight excluding hydrogens is 541 g/mol. The highest BCUT2D eigenvalue weighted by Crippen LogP contribution is 2.44. The molecule has 5 rings (SSSR count). The molecule has 1 aliphatic carbocycles. The van der Waals surface area contributed by atoms with Crippen molar-refractivity contribution in [3.05, 3.63) is 101 Å². The summed E-state index contributed by atoms with van der Waals surface area (Å²) in [6, 6.07) is 23.6. The number of amides is 1. The maximum Gasteiger partial charge on any atom is 0.492 e. The van der Waals surface area contributed by atoms with Crippen molar-refractivity contribution in [3.8, 4) is 11.1 Å². The van der Waals surface area contributed by atoms with Crippen molar-refractivity contribution in [3.63, 3.8) is 0 Å². The molecule has 224 valence electrons. The first kappa shape index (κ1) is 30.6. The first-order valence-corrected chi connectivity index (χ1v) is 14.7. The van der Waals surface area contributed by atoms with Gasteiger partial charge in [-0.15, -0.1) is 0 Å². The normalized spacial score (nSPS) is 17.3. The number of nitrogens with one attached hydrogen (secondary N) is 1. The van der Waals surface area contributed by atoms with Crippen molar-refractivity contribution in [2.24, 2.45) is 0 Å². The maximum atomic E-state index is 13.0. The van der Waals surface area contributed by atoms with E-state index in [0.717, 1.165) is 22.2 Å². The lowest BCUT2D eigenvalue weighted by Crippen LogP contribution is -2.41. The second-order valence-electron chi connectivity index (χ2n) is 13.1. The molecule has 2 aliphatic rings. The van der Waals surface area contributed by atoms with E-state index < -0.39 is 30.0 Å². The number of fused-ring (bicyclic) bond motifs is 3. The van der Waals surface area contributed by atoms with Gasteiger partial charge in [-0.25, -0.2) is 9.59 Å². The summed E-state index contributed by atoms with van der Waals surface area (Å²) in [5.41, 5.74) is 4.98. The van der Waals surface area contributed by atoms with Crippen LogP contribution in [0.4, 0.5) is 4.79 Å². The summed E-state index contributed by atoms with van der Waals surface area (Å²) in [6.07, 6.45) is 1.38. The van der Waals surface area contributed by atoms with Crippen molar-refractivity contribution in [2.45, 2.75) is 71.2 Å². The van der Waals surface area contributed by atoms with Crippen LogP contribution in [0, 0.1) is 0 Å². The number of esters is 1. The van der Waals surface area contributed by atoms with E-state index in [1.54, 1.807) is 12.1 Å². The van der Waals surface area contributed by atoms with Crippen LogP contribution < -0.4 is 5.32 Å². The fourth-order valence-electron chi connectivity index (χ4n) is 5.29. The van der Waals surface area contributed by atoms with E-state index in [4.69, 9.17) is 18.8 Å². The van der Waals surface area contributed by atoms with Gasteiger partial charge in [-0.3, -0.25) is 0 Å². The molecule has 0 radical (unpaired) electrons. The zero-order chi connectivity index (χ0) is 31.0. The molecule has 0 saturated carbocycles.